The van der Waals surface area contributed by atoms with Crippen molar-refractivity contribution in [1.29, 1.82) is 5.26 Å². The highest BCUT2D eigenvalue weighted by Gasteiger charge is 2.13. The predicted molar refractivity (Wildman–Crippen MR) is 57.7 cm³/mol. The van der Waals surface area contributed by atoms with E-state index in [-0.39, 0.29) is 6.10 Å². The van der Waals surface area contributed by atoms with E-state index < -0.39 is 0 Å². The van der Waals surface area contributed by atoms with E-state index in [9.17, 15) is 0 Å². The van der Waals surface area contributed by atoms with Crippen LogP contribution in [-0.2, 0) is 0 Å². The molecule has 0 saturated carbocycles. The Hall–Kier alpha value is -1.53. The molecule has 15 heavy (non-hydrogen) atoms. The highest BCUT2D eigenvalue weighted by Crippen LogP contribution is 2.16. The molecule has 1 N–H and O–H groups in total. The Labute approximate surface area is 89.7 Å². The zero-order valence-electron chi connectivity index (χ0n) is 8.57. The Morgan fingerprint density at radius 3 is 2.73 bits per heavy atom. The summed E-state index contributed by atoms with van der Waals surface area (Å²) in [6.07, 6.45) is 2.54. The summed E-state index contributed by atoms with van der Waals surface area (Å²) in [6, 6.07) is 9.37. The Bertz CT molecular complexity index is 347. The molecular weight excluding hydrogens is 188 g/mol. The Kier molecular flexibility index (Phi) is 3.21. The summed E-state index contributed by atoms with van der Waals surface area (Å²) in [4.78, 5) is 0. The first-order chi connectivity index (χ1) is 7.38. The van der Waals surface area contributed by atoms with Crippen LogP contribution in [-0.4, -0.2) is 19.2 Å². The Balaban J connectivity index is 1.95. The number of piperidine rings is 1. The van der Waals surface area contributed by atoms with Gasteiger partial charge in [-0.15, -0.1) is 0 Å². The van der Waals surface area contributed by atoms with Crippen LogP contribution in [0.25, 0.3) is 0 Å². The van der Waals surface area contributed by atoms with Crippen molar-refractivity contribution in [1.82, 2.24) is 5.32 Å². The van der Waals surface area contributed by atoms with Gasteiger partial charge in [-0.3, -0.25) is 0 Å². The summed E-state index contributed by atoms with van der Waals surface area (Å²) in [5, 5.41) is 11.9. The molecule has 3 nitrogen and oxygen atoms in total. The highest BCUT2D eigenvalue weighted by molar-refractivity contribution is 5.34. The standard InChI is InChI=1S/C12H14N2O/c13-8-10-3-5-11(6-4-10)15-12-2-1-7-14-9-12/h3-6,12,14H,1-2,7,9H2. The van der Waals surface area contributed by atoms with Crippen molar-refractivity contribution in [2.45, 2.75) is 18.9 Å². The monoisotopic (exact) mass is 202 g/mol. The largest absolute Gasteiger partial charge is 0.489 e. The zero-order valence-corrected chi connectivity index (χ0v) is 8.57. The van der Waals surface area contributed by atoms with Gasteiger partial charge in [0.2, 0.25) is 0 Å². The minimum Gasteiger partial charge on any atom is -0.489 e. The maximum absolute atomic E-state index is 8.65. The number of nitriles is 1. The molecule has 0 amide bonds. The summed E-state index contributed by atoms with van der Waals surface area (Å²) in [5.41, 5.74) is 0.670. The van der Waals surface area contributed by atoms with E-state index in [1.807, 2.05) is 12.1 Å². The van der Waals surface area contributed by atoms with E-state index in [4.69, 9.17) is 10.00 Å². The van der Waals surface area contributed by atoms with Crippen molar-refractivity contribution in [2.24, 2.45) is 0 Å². The maximum atomic E-state index is 8.65. The molecule has 0 aliphatic carbocycles. The van der Waals surface area contributed by atoms with Crippen LogP contribution in [0.5, 0.6) is 5.75 Å². The second kappa shape index (κ2) is 4.81. The molecular formula is C12H14N2O. The van der Waals surface area contributed by atoms with Gasteiger partial charge < -0.3 is 10.1 Å². The lowest BCUT2D eigenvalue weighted by Crippen LogP contribution is -2.37. The minimum atomic E-state index is 0.270. The quantitative estimate of drug-likeness (QED) is 0.793. The summed E-state index contributed by atoms with van der Waals surface area (Å²) in [7, 11) is 0. The van der Waals surface area contributed by atoms with Gasteiger partial charge in [0.1, 0.15) is 11.9 Å². The second-order valence-corrected chi connectivity index (χ2v) is 3.72. The SMILES string of the molecule is N#Cc1ccc(OC2CCCNC2)cc1. The van der Waals surface area contributed by atoms with Crippen molar-refractivity contribution < 1.29 is 4.74 Å². The van der Waals surface area contributed by atoms with Gasteiger partial charge in [0.05, 0.1) is 11.6 Å². The van der Waals surface area contributed by atoms with Gasteiger partial charge in [-0.25, -0.2) is 0 Å². The average Bonchev–Trinajstić information content (AvgIpc) is 2.31. The summed E-state index contributed by atoms with van der Waals surface area (Å²) in [5.74, 6) is 0.850. The van der Waals surface area contributed by atoms with Crippen LogP contribution in [0.4, 0.5) is 0 Å². The van der Waals surface area contributed by atoms with Crippen molar-refractivity contribution in [3.8, 4) is 11.8 Å². The second-order valence-electron chi connectivity index (χ2n) is 3.72. The average molecular weight is 202 g/mol. The Morgan fingerprint density at radius 1 is 1.33 bits per heavy atom. The summed E-state index contributed by atoms with van der Waals surface area (Å²) in [6.45, 7) is 2.01. The molecule has 1 saturated heterocycles. The first-order valence-electron chi connectivity index (χ1n) is 5.26. The predicted octanol–water partition coefficient (Wildman–Crippen LogP) is 1.69. The third-order valence-corrected chi connectivity index (χ3v) is 2.54. The molecule has 1 unspecified atom stereocenters. The minimum absolute atomic E-state index is 0.270. The van der Waals surface area contributed by atoms with E-state index in [1.54, 1.807) is 12.1 Å². The summed E-state index contributed by atoms with van der Waals surface area (Å²) < 4.78 is 5.78. The molecule has 1 aliphatic heterocycles. The molecule has 1 atom stereocenters. The van der Waals surface area contributed by atoms with Crippen LogP contribution in [0.2, 0.25) is 0 Å². The van der Waals surface area contributed by atoms with Crippen LogP contribution in [0.15, 0.2) is 24.3 Å². The van der Waals surface area contributed by atoms with Gasteiger partial charge >= 0.3 is 0 Å². The van der Waals surface area contributed by atoms with Crippen LogP contribution in [0.3, 0.4) is 0 Å². The molecule has 78 valence electrons. The maximum Gasteiger partial charge on any atom is 0.119 e. The molecule has 1 aliphatic rings. The first kappa shape index (κ1) is 10.0. The van der Waals surface area contributed by atoms with Crippen molar-refractivity contribution >= 4 is 0 Å². The fourth-order valence-electron chi connectivity index (χ4n) is 1.72. The van der Waals surface area contributed by atoms with Gasteiger partial charge in [0, 0.05) is 6.54 Å². The Morgan fingerprint density at radius 2 is 2.13 bits per heavy atom. The zero-order chi connectivity index (χ0) is 10.5. The van der Waals surface area contributed by atoms with Gasteiger partial charge in [0.25, 0.3) is 0 Å². The molecule has 0 spiro atoms. The van der Waals surface area contributed by atoms with Gasteiger partial charge in [-0.1, -0.05) is 0 Å². The molecule has 1 heterocycles. The fraction of sp³-hybridized carbons (Fsp3) is 0.417. The number of nitrogens with one attached hydrogen (secondary N) is 1. The van der Waals surface area contributed by atoms with Crippen LogP contribution < -0.4 is 10.1 Å². The first-order valence-corrected chi connectivity index (χ1v) is 5.26. The van der Waals surface area contributed by atoms with E-state index in [2.05, 4.69) is 11.4 Å². The molecule has 0 aromatic heterocycles. The number of hydrogen-bond acceptors (Lipinski definition) is 3. The van der Waals surface area contributed by atoms with E-state index >= 15 is 0 Å². The number of ether oxygens (including phenoxy) is 1. The molecule has 0 radical (unpaired) electrons. The number of hydrogen-bond donors (Lipinski definition) is 1. The smallest absolute Gasteiger partial charge is 0.119 e. The molecule has 2 rings (SSSR count). The number of benzene rings is 1. The fourth-order valence-corrected chi connectivity index (χ4v) is 1.72. The van der Waals surface area contributed by atoms with Crippen LogP contribution in [0, 0.1) is 11.3 Å². The molecule has 1 aromatic rings. The normalized spacial score (nSPS) is 20.6. The van der Waals surface area contributed by atoms with Gasteiger partial charge in [-0.05, 0) is 43.7 Å². The lowest BCUT2D eigenvalue weighted by molar-refractivity contribution is 0.167. The van der Waals surface area contributed by atoms with Gasteiger partial charge in [0.15, 0.2) is 0 Å². The van der Waals surface area contributed by atoms with Crippen molar-refractivity contribution in [3.63, 3.8) is 0 Å². The third-order valence-electron chi connectivity index (χ3n) is 2.54. The number of nitrogens with zero attached hydrogens (tertiary/aromatic N) is 1. The van der Waals surface area contributed by atoms with Crippen LogP contribution in [0.1, 0.15) is 18.4 Å². The van der Waals surface area contributed by atoms with Gasteiger partial charge in [-0.2, -0.15) is 5.26 Å². The molecule has 1 fully saturated rings. The number of rotatable bonds is 2. The lowest BCUT2D eigenvalue weighted by atomic mass is 10.1. The molecule has 1 aromatic carbocycles. The molecule has 0 bridgehead atoms. The summed E-state index contributed by atoms with van der Waals surface area (Å²) >= 11 is 0. The van der Waals surface area contributed by atoms with E-state index in [0.29, 0.717) is 5.56 Å². The highest BCUT2D eigenvalue weighted by atomic mass is 16.5. The molecule has 3 heteroatoms. The van der Waals surface area contributed by atoms with Crippen molar-refractivity contribution in [3.05, 3.63) is 29.8 Å². The van der Waals surface area contributed by atoms with Crippen molar-refractivity contribution in [2.75, 3.05) is 13.1 Å². The lowest BCUT2D eigenvalue weighted by Gasteiger charge is -2.23. The van der Waals surface area contributed by atoms with Crippen LogP contribution >= 0.6 is 0 Å². The third kappa shape index (κ3) is 2.71. The van der Waals surface area contributed by atoms with E-state index in [0.717, 1.165) is 25.3 Å². The van der Waals surface area contributed by atoms with E-state index in [1.165, 1.54) is 6.42 Å². The topological polar surface area (TPSA) is 45.0 Å².